The topological polar surface area (TPSA) is 55.4 Å². The zero-order valence-corrected chi connectivity index (χ0v) is 13.3. The maximum Gasteiger partial charge on any atom is 0.341 e. The number of hydrogen-bond donors (Lipinski definition) is 1. The quantitative estimate of drug-likeness (QED) is 0.840. The Morgan fingerprint density at radius 1 is 1.18 bits per heavy atom. The zero-order valence-electron chi connectivity index (χ0n) is 11.7. The van der Waals surface area contributed by atoms with Crippen LogP contribution in [0, 0.1) is 12.7 Å². The van der Waals surface area contributed by atoms with Crippen LogP contribution in [0.3, 0.4) is 0 Å². The molecule has 22 heavy (non-hydrogen) atoms. The van der Waals surface area contributed by atoms with E-state index in [1.165, 1.54) is 12.1 Å². The van der Waals surface area contributed by atoms with E-state index < -0.39 is 24.3 Å². The third kappa shape index (κ3) is 4.39. The summed E-state index contributed by atoms with van der Waals surface area (Å²) in [4.78, 5) is 23.4. The van der Waals surface area contributed by atoms with Crippen LogP contribution in [-0.4, -0.2) is 18.5 Å². The van der Waals surface area contributed by atoms with Gasteiger partial charge in [0.05, 0.1) is 5.56 Å². The van der Waals surface area contributed by atoms with E-state index in [9.17, 15) is 14.0 Å². The number of ether oxygens (including phenoxy) is 1. The molecule has 0 spiro atoms. The maximum atomic E-state index is 13.6. The minimum atomic E-state index is -0.885. The smallest absolute Gasteiger partial charge is 0.341 e. The lowest BCUT2D eigenvalue weighted by Gasteiger charge is -2.07. The number of hydrogen-bond acceptors (Lipinski definition) is 3. The highest BCUT2D eigenvalue weighted by Crippen LogP contribution is 2.16. The van der Waals surface area contributed by atoms with E-state index in [0.29, 0.717) is 10.2 Å². The molecule has 6 heteroatoms. The number of esters is 1. The molecule has 2 aromatic rings. The second-order valence-electron chi connectivity index (χ2n) is 4.61. The van der Waals surface area contributed by atoms with Crippen molar-refractivity contribution in [3.05, 3.63) is 63.9 Å². The third-order valence-electron chi connectivity index (χ3n) is 2.82. The summed E-state index contributed by atoms with van der Waals surface area (Å²) in [6.07, 6.45) is 0. The van der Waals surface area contributed by atoms with E-state index in [1.54, 1.807) is 12.1 Å². The van der Waals surface area contributed by atoms with Crippen LogP contribution < -0.4 is 5.32 Å². The number of benzene rings is 2. The van der Waals surface area contributed by atoms with Gasteiger partial charge in [0.1, 0.15) is 5.82 Å². The lowest BCUT2D eigenvalue weighted by molar-refractivity contribution is -0.119. The molecule has 0 aliphatic carbocycles. The minimum absolute atomic E-state index is 0.216. The number of carbonyl (C=O) groups is 2. The average molecular weight is 366 g/mol. The summed E-state index contributed by atoms with van der Waals surface area (Å²) in [5, 5.41) is 2.58. The Hall–Kier alpha value is -2.21. The maximum absolute atomic E-state index is 13.6. The Balaban J connectivity index is 1.90. The number of anilines is 1. The molecule has 114 valence electrons. The molecule has 0 unspecified atom stereocenters. The van der Waals surface area contributed by atoms with Gasteiger partial charge in [-0.2, -0.15) is 0 Å². The summed E-state index contributed by atoms with van der Waals surface area (Å²) in [7, 11) is 0. The molecule has 0 aliphatic heterocycles. The molecule has 0 aliphatic rings. The van der Waals surface area contributed by atoms with Crippen LogP contribution in [-0.2, 0) is 9.53 Å². The summed E-state index contributed by atoms with van der Waals surface area (Å²) in [5.74, 6) is -2.09. The molecule has 4 nitrogen and oxygen atoms in total. The molecule has 0 radical (unpaired) electrons. The van der Waals surface area contributed by atoms with E-state index in [1.807, 2.05) is 19.1 Å². The number of halogens is 2. The van der Waals surface area contributed by atoms with Crippen LogP contribution in [0.25, 0.3) is 0 Å². The fourth-order valence-corrected chi connectivity index (χ4v) is 2.03. The molecule has 0 saturated heterocycles. The van der Waals surface area contributed by atoms with Crippen molar-refractivity contribution in [1.29, 1.82) is 0 Å². The van der Waals surface area contributed by atoms with Gasteiger partial charge in [0.25, 0.3) is 5.91 Å². The van der Waals surface area contributed by atoms with Crippen molar-refractivity contribution in [1.82, 2.24) is 0 Å². The van der Waals surface area contributed by atoms with Crippen molar-refractivity contribution in [2.24, 2.45) is 0 Å². The number of carbonyl (C=O) groups excluding carboxylic acids is 2. The van der Waals surface area contributed by atoms with Gasteiger partial charge in [-0.05, 0) is 37.3 Å². The molecule has 1 amide bonds. The van der Waals surface area contributed by atoms with Crippen molar-refractivity contribution in [2.45, 2.75) is 6.92 Å². The highest BCUT2D eigenvalue weighted by Gasteiger charge is 2.15. The summed E-state index contributed by atoms with van der Waals surface area (Å²) in [5.41, 5.74) is 1.45. The third-order valence-corrected chi connectivity index (χ3v) is 3.31. The first-order valence-corrected chi connectivity index (χ1v) is 7.23. The molecule has 0 saturated carbocycles. The lowest BCUT2D eigenvalue weighted by atomic mass is 10.2. The van der Waals surface area contributed by atoms with Crippen LogP contribution in [0.2, 0.25) is 0 Å². The highest BCUT2D eigenvalue weighted by atomic mass is 79.9. The molecular formula is C16H13BrFNO3. The van der Waals surface area contributed by atoms with Crippen LogP contribution in [0.1, 0.15) is 15.9 Å². The second-order valence-corrected chi connectivity index (χ2v) is 5.53. The highest BCUT2D eigenvalue weighted by molar-refractivity contribution is 9.10. The SMILES string of the molecule is Cc1ccc(NC(=O)COC(=O)c2ccc(Br)cc2F)cc1. The molecule has 2 rings (SSSR count). The van der Waals surface area contributed by atoms with E-state index in [-0.39, 0.29) is 5.56 Å². The Kier molecular flexibility index (Phi) is 5.27. The van der Waals surface area contributed by atoms with Gasteiger partial charge in [0.2, 0.25) is 0 Å². The van der Waals surface area contributed by atoms with Crippen LogP contribution >= 0.6 is 15.9 Å². The monoisotopic (exact) mass is 365 g/mol. The normalized spacial score (nSPS) is 10.1. The molecular weight excluding hydrogens is 353 g/mol. The summed E-state index contributed by atoms with van der Waals surface area (Å²) < 4.78 is 18.9. The van der Waals surface area contributed by atoms with Crippen molar-refractivity contribution in [3.63, 3.8) is 0 Å². The largest absolute Gasteiger partial charge is 0.452 e. The van der Waals surface area contributed by atoms with Gasteiger partial charge >= 0.3 is 5.97 Å². The molecule has 0 atom stereocenters. The molecule has 0 fully saturated rings. The Labute approximate surface area is 135 Å². The second kappa shape index (κ2) is 7.17. The Morgan fingerprint density at radius 3 is 2.50 bits per heavy atom. The van der Waals surface area contributed by atoms with Gasteiger partial charge in [-0.3, -0.25) is 4.79 Å². The predicted molar refractivity (Wildman–Crippen MR) is 84.2 cm³/mol. The van der Waals surface area contributed by atoms with Crippen molar-refractivity contribution < 1.29 is 18.7 Å². The first-order valence-electron chi connectivity index (χ1n) is 6.44. The van der Waals surface area contributed by atoms with Crippen molar-refractivity contribution >= 4 is 33.5 Å². The molecule has 1 N–H and O–H groups in total. The summed E-state index contributed by atoms with van der Waals surface area (Å²) >= 11 is 3.09. The van der Waals surface area contributed by atoms with Gasteiger partial charge in [-0.1, -0.05) is 33.6 Å². The summed E-state index contributed by atoms with van der Waals surface area (Å²) in [6.45, 7) is 1.45. The number of amides is 1. The molecule has 0 heterocycles. The Morgan fingerprint density at radius 2 is 1.86 bits per heavy atom. The fraction of sp³-hybridized carbons (Fsp3) is 0.125. The van der Waals surface area contributed by atoms with Gasteiger partial charge in [-0.25, -0.2) is 9.18 Å². The fourth-order valence-electron chi connectivity index (χ4n) is 1.70. The first kappa shape index (κ1) is 16.2. The van der Waals surface area contributed by atoms with Crippen molar-refractivity contribution in [2.75, 3.05) is 11.9 Å². The van der Waals surface area contributed by atoms with Gasteiger partial charge in [0, 0.05) is 10.2 Å². The lowest BCUT2D eigenvalue weighted by Crippen LogP contribution is -2.21. The van der Waals surface area contributed by atoms with Crippen LogP contribution in [0.5, 0.6) is 0 Å². The van der Waals surface area contributed by atoms with E-state index in [2.05, 4.69) is 21.2 Å². The van der Waals surface area contributed by atoms with Crippen LogP contribution in [0.15, 0.2) is 46.9 Å². The number of nitrogens with one attached hydrogen (secondary N) is 1. The Bertz CT molecular complexity index is 701. The predicted octanol–water partition coefficient (Wildman–Crippen LogP) is 3.69. The minimum Gasteiger partial charge on any atom is -0.452 e. The van der Waals surface area contributed by atoms with E-state index >= 15 is 0 Å². The molecule has 2 aromatic carbocycles. The number of rotatable bonds is 4. The van der Waals surface area contributed by atoms with Gasteiger partial charge in [0.15, 0.2) is 6.61 Å². The molecule has 0 bridgehead atoms. The van der Waals surface area contributed by atoms with E-state index in [0.717, 1.165) is 11.6 Å². The van der Waals surface area contributed by atoms with Crippen LogP contribution in [0.4, 0.5) is 10.1 Å². The first-order chi connectivity index (χ1) is 10.5. The zero-order chi connectivity index (χ0) is 16.1. The molecule has 0 aromatic heterocycles. The number of aryl methyl sites for hydroxylation is 1. The summed E-state index contributed by atoms with van der Waals surface area (Å²) in [6, 6.07) is 11.1. The van der Waals surface area contributed by atoms with E-state index in [4.69, 9.17) is 4.74 Å². The van der Waals surface area contributed by atoms with Crippen molar-refractivity contribution in [3.8, 4) is 0 Å². The van der Waals surface area contributed by atoms with Gasteiger partial charge in [-0.15, -0.1) is 0 Å². The standard InChI is InChI=1S/C16H13BrFNO3/c1-10-2-5-12(6-3-10)19-15(20)9-22-16(21)13-7-4-11(17)8-14(13)18/h2-8H,9H2,1H3,(H,19,20). The van der Waals surface area contributed by atoms with Gasteiger partial charge < -0.3 is 10.1 Å². The average Bonchev–Trinajstić information content (AvgIpc) is 2.47.